The van der Waals surface area contributed by atoms with Gasteiger partial charge >= 0.3 is 0 Å². The first-order chi connectivity index (χ1) is 12.1. The molecule has 1 heterocycles. The van der Waals surface area contributed by atoms with Crippen LogP contribution < -0.4 is 10.6 Å². The monoisotopic (exact) mass is 352 g/mol. The number of carbonyl (C=O) groups excluding carboxylic acids is 1. The molecular formula is C19H17ClN4O. The van der Waals surface area contributed by atoms with E-state index in [1.165, 1.54) is 5.56 Å². The molecule has 2 aromatic carbocycles. The molecule has 0 spiro atoms. The van der Waals surface area contributed by atoms with E-state index in [1.54, 1.807) is 36.4 Å². The van der Waals surface area contributed by atoms with Crippen LogP contribution in [0.5, 0.6) is 0 Å². The Labute approximate surface area is 151 Å². The fourth-order valence-corrected chi connectivity index (χ4v) is 2.40. The van der Waals surface area contributed by atoms with Crippen LogP contribution in [0, 0.1) is 6.92 Å². The predicted octanol–water partition coefficient (Wildman–Crippen LogP) is 4.30. The number of carbonyl (C=O) groups is 1. The first-order valence-corrected chi connectivity index (χ1v) is 8.18. The molecule has 0 aliphatic rings. The molecule has 25 heavy (non-hydrogen) atoms. The van der Waals surface area contributed by atoms with E-state index < -0.39 is 0 Å². The van der Waals surface area contributed by atoms with Crippen molar-refractivity contribution in [3.8, 4) is 0 Å². The lowest BCUT2D eigenvalue weighted by Crippen LogP contribution is -2.14. The number of nitrogens with zero attached hydrogens (tertiary/aromatic N) is 2. The molecule has 0 aliphatic heterocycles. The van der Waals surface area contributed by atoms with Gasteiger partial charge in [-0.15, -0.1) is 10.2 Å². The van der Waals surface area contributed by atoms with Crippen LogP contribution in [0.3, 0.4) is 0 Å². The Hall–Kier alpha value is -2.92. The summed E-state index contributed by atoms with van der Waals surface area (Å²) in [5.74, 6) is 0.278. The van der Waals surface area contributed by atoms with Crippen molar-refractivity contribution < 1.29 is 4.79 Å². The van der Waals surface area contributed by atoms with Gasteiger partial charge < -0.3 is 10.6 Å². The molecule has 3 aromatic rings. The molecule has 2 N–H and O–H groups in total. The van der Waals surface area contributed by atoms with Crippen molar-refractivity contribution in [2.75, 3.05) is 10.6 Å². The molecule has 0 bridgehead atoms. The van der Waals surface area contributed by atoms with Crippen LogP contribution in [0.4, 0.5) is 11.5 Å². The Morgan fingerprint density at radius 1 is 1.04 bits per heavy atom. The lowest BCUT2D eigenvalue weighted by molar-refractivity contribution is 0.102. The third-order valence-corrected chi connectivity index (χ3v) is 3.81. The summed E-state index contributed by atoms with van der Waals surface area (Å²) in [6.45, 7) is 2.69. The normalized spacial score (nSPS) is 10.3. The Kier molecular flexibility index (Phi) is 5.26. The van der Waals surface area contributed by atoms with Gasteiger partial charge in [0.05, 0.1) is 0 Å². The van der Waals surface area contributed by atoms with Crippen LogP contribution in [0.1, 0.15) is 21.6 Å². The van der Waals surface area contributed by atoms with Crippen molar-refractivity contribution in [1.29, 1.82) is 0 Å². The van der Waals surface area contributed by atoms with Crippen molar-refractivity contribution in [3.63, 3.8) is 0 Å². The van der Waals surface area contributed by atoms with E-state index in [4.69, 9.17) is 11.6 Å². The summed E-state index contributed by atoms with van der Waals surface area (Å²) in [5, 5.41) is 14.5. The van der Waals surface area contributed by atoms with E-state index in [2.05, 4.69) is 52.0 Å². The molecule has 6 heteroatoms. The molecule has 0 atom stereocenters. The second-order valence-corrected chi connectivity index (χ2v) is 6.04. The van der Waals surface area contributed by atoms with Gasteiger partial charge in [0.2, 0.25) is 0 Å². The maximum absolute atomic E-state index is 12.2. The molecule has 0 saturated heterocycles. The Morgan fingerprint density at radius 3 is 2.52 bits per heavy atom. The van der Waals surface area contributed by atoms with E-state index in [1.807, 2.05) is 0 Å². The number of aryl methyl sites for hydroxylation is 1. The van der Waals surface area contributed by atoms with E-state index in [0.717, 1.165) is 5.56 Å². The number of amides is 1. The third-order valence-electron chi connectivity index (χ3n) is 3.57. The van der Waals surface area contributed by atoms with Gasteiger partial charge in [0, 0.05) is 17.3 Å². The molecule has 126 valence electrons. The molecule has 0 unspecified atom stereocenters. The number of benzene rings is 2. The zero-order valence-corrected chi connectivity index (χ0v) is 14.4. The largest absolute Gasteiger partial charge is 0.365 e. The minimum atomic E-state index is -0.333. The van der Waals surface area contributed by atoms with E-state index in [0.29, 0.717) is 23.1 Å². The van der Waals surface area contributed by atoms with Crippen LogP contribution in [-0.2, 0) is 6.54 Å². The van der Waals surface area contributed by atoms with Crippen LogP contribution in [0.25, 0.3) is 0 Å². The number of aromatic nitrogens is 2. The number of hydrogen-bond donors (Lipinski definition) is 2. The fourth-order valence-electron chi connectivity index (χ4n) is 2.21. The molecule has 5 nitrogen and oxygen atoms in total. The maximum atomic E-state index is 12.2. The molecule has 3 rings (SSSR count). The number of rotatable bonds is 5. The highest BCUT2D eigenvalue weighted by molar-refractivity contribution is 6.30. The Morgan fingerprint density at radius 2 is 1.84 bits per heavy atom. The number of hydrogen-bond acceptors (Lipinski definition) is 4. The van der Waals surface area contributed by atoms with Gasteiger partial charge in [-0.05, 0) is 42.8 Å². The fraction of sp³-hybridized carbons (Fsp3) is 0.105. The van der Waals surface area contributed by atoms with Gasteiger partial charge in [-0.1, -0.05) is 47.5 Å². The number of anilines is 2. The van der Waals surface area contributed by atoms with Crippen molar-refractivity contribution in [2.45, 2.75) is 13.5 Å². The highest BCUT2D eigenvalue weighted by atomic mass is 35.5. The lowest BCUT2D eigenvalue weighted by Gasteiger charge is -2.07. The molecule has 1 amide bonds. The van der Waals surface area contributed by atoms with Crippen molar-refractivity contribution in [1.82, 2.24) is 10.2 Å². The van der Waals surface area contributed by atoms with Gasteiger partial charge in [0.15, 0.2) is 5.69 Å². The van der Waals surface area contributed by atoms with Crippen molar-refractivity contribution >= 4 is 29.0 Å². The quantitative estimate of drug-likeness (QED) is 0.718. The summed E-state index contributed by atoms with van der Waals surface area (Å²) in [4.78, 5) is 12.2. The van der Waals surface area contributed by atoms with Gasteiger partial charge in [-0.3, -0.25) is 4.79 Å². The summed E-state index contributed by atoms with van der Waals surface area (Å²) in [7, 11) is 0. The predicted molar refractivity (Wildman–Crippen MR) is 99.9 cm³/mol. The maximum Gasteiger partial charge on any atom is 0.276 e. The van der Waals surface area contributed by atoms with Crippen LogP contribution >= 0.6 is 11.6 Å². The van der Waals surface area contributed by atoms with Crippen LogP contribution in [-0.4, -0.2) is 16.1 Å². The summed E-state index contributed by atoms with van der Waals surface area (Å²) in [6.07, 6.45) is 0. The molecule has 0 radical (unpaired) electrons. The zero-order valence-electron chi connectivity index (χ0n) is 13.7. The Bertz CT molecular complexity index is 863. The van der Waals surface area contributed by atoms with Crippen molar-refractivity contribution in [3.05, 3.63) is 82.5 Å². The first kappa shape index (κ1) is 16.9. The third kappa shape index (κ3) is 4.78. The minimum Gasteiger partial charge on any atom is -0.365 e. The van der Waals surface area contributed by atoms with Gasteiger partial charge in [-0.25, -0.2) is 0 Å². The number of nitrogens with one attached hydrogen (secondary N) is 2. The summed E-state index contributed by atoms with van der Waals surface area (Å²) < 4.78 is 0. The second-order valence-electron chi connectivity index (χ2n) is 5.61. The Balaban J connectivity index is 1.59. The first-order valence-electron chi connectivity index (χ1n) is 7.80. The van der Waals surface area contributed by atoms with Gasteiger partial charge in [-0.2, -0.15) is 0 Å². The highest BCUT2D eigenvalue weighted by Crippen LogP contribution is 2.15. The highest BCUT2D eigenvalue weighted by Gasteiger charge is 2.09. The van der Waals surface area contributed by atoms with Crippen LogP contribution in [0.15, 0.2) is 60.7 Å². The van der Waals surface area contributed by atoms with E-state index in [-0.39, 0.29) is 11.6 Å². The number of halogens is 1. The minimum absolute atomic E-state index is 0.237. The molecule has 0 saturated carbocycles. The lowest BCUT2D eigenvalue weighted by atomic mass is 10.1. The second kappa shape index (κ2) is 7.77. The van der Waals surface area contributed by atoms with Crippen LogP contribution in [0.2, 0.25) is 5.02 Å². The topological polar surface area (TPSA) is 66.9 Å². The molecule has 0 fully saturated rings. The molecule has 0 aliphatic carbocycles. The standard InChI is InChI=1S/C19H17ClN4O/c1-13-5-7-14(8-6-13)12-21-18-10-9-17(23-24-18)19(25)22-16-4-2-3-15(20)11-16/h2-11H,12H2,1H3,(H,21,24)(H,22,25). The van der Waals surface area contributed by atoms with E-state index >= 15 is 0 Å². The van der Waals surface area contributed by atoms with Gasteiger partial charge in [0.25, 0.3) is 5.91 Å². The van der Waals surface area contributed by atoms with Gasteiger partial charge in [0.1, 0.15) is 5.82 Å². The summed E-state index contributed by atoms with van der Waals surface area (Å²) in [5.41, 5.74) is 3.22. The summed E-state index contributed by atoms with van der Waals surface area (Å²) >= 11 is 5.90. The average Bonchev–Trinajstić information content (AvgIpc) is 2.62. The van der Waals surface area contributed by atoms with Crippen molar-refractivity contribution in [2.24, 2.45) is 0 Å². The zero-order chi connectivity index (χ0) is 17.6. The molecular weight excluding hydrogens is 336 g/mol. The SMILES string of the molecule is Cc1ccc(CNc2ccc(C(=O)Nc3cccc(Cl)c3)nn2)cc1. The average molecular weight is 353 g/mol. The van der Waals surface area contributed by atoms with E-state index in [9.17, 15) is 4.79 Å². The smallest absolute Gasteiger partial charge is 0.276 e. The molecule has 1 aromatic heterocycles. The summed E-state index contributed by atoms with van der Waals surface area (Å²) in [6, 6.07) is 18.5.